The normalized spacial score (nSPS) is 12.0. The summed E-state index contributed by atoms with van der Waals surface area (Å²) in [6.45, 7) is 2.10. The summed E-state index contributed by atoms with van der Waals surface area (Å²) in [4.78, 5) is 12.2. The number of hydrogen-bond acceptors (Lipinski definition) is 4. The van der Waals surface area contributed by atoms with Crippen LogP contribution in [-0.4, -0.2) is 26.3 Å². The highest BCUT2D eigenvalue weighted by molar-refractivity contribution is 7.99. The first-order chi connectivity index (χ1) is 11.3. The van der Waals surface area contributed by atoms with E-state index in [-0.39, 0.29) is 11.8 Å². The second-order valence-electron chi connectivity index (χ2n) is 5.19. The molecule has 23 heavy (non-hydrogen) atoms. The van der Waals surface area contributed by atoms with Gasteiger partial charge in [0.05, 0.1) is 11.8 Å². The van der Waals surface area contributed by atoms with Crippen LogP contribution in [0, 0.1) is 0 Å². The first-order valence-corrected chi connectivity index (χ1v) is 8.40. The van der Waals surface area contributed by atoms with Gasteiger partial charge in [-0.15, -0.1) is 10.2 Å². The van der Waals surface area contributed by atoms with Crippen molar-refractivity contribution in [2.24, 2.45) is 0 Å². The first-order valence-electron chi connectivity index (χ1n) is 7.41. The van der Waals surface area contributed by atoms with Crippen molar-refractivity contribution in [3.05, 3.63) is 78.1 Å². The molecule has 3 aromatic rings. The van der Waals surface area contributed by atoms with Gasteiger partial charge in [0.25, 0.3) is 0 Å². The fourth-order valence-corrected chi connectivity index (χ4v) is 3.22. The molecular weight excluding hydrogens is 306 g/mol. The first kappa shape index (κ1) is 15.5. The average molecular weight is 323 g/mol. The van der Waals surface area contributed by atoms with E-state index in [1.807, 2.05) is 53.1 Å². The van der Waals surface area contributed by atoms with E-state index in [9.17, 15) is 4.79 Å². The lowest BCUT2D eigenvalue weighted by Crippen LogP contribution is -2.09. The van der Waals surface area contributed by atoms with Crippen LogP contribution in [0.5, 0.6) is 0 Å². The second-order valence-corrected chi connectivity index (χ2v) is 6.13. The molecule has 0 aliphatic heterocycles. The van der Waals surface area contributed by atoms with Crippen LogP contribution < -0.4 is 0 Å². The Morgan fingerprint density at radius 1 is 1.09 bits per heavy atom. The summed E-state index contributed by atoms with van der Waals surface area (Å²) in [6, 6.07) is 19.6. The van der Waals surface area contributed by atoms with Crippen molar-refractivity contribution in [2.75, 3.05) is 5.75 Å². The van der Waals surface area contributed by atoms with E-state index in [4.69, 9.17) is 0 Å². The number of ketones is 1. The molecule has 0 bridgehead atoms. The quantitative estimate of drug-likeness (QED) is 0.510. The Morgan fingerprint density at radius 2 is 1.74 bits per heavy atom. The zero-order valence-electron chi connectivity index (χ0n) is 12.8. The molecule has 0 fully saturated rings. The molecule has 1 heterocycles. The number of carbonyl (C=O) groups is 1. The minimum Gasteiger partial charge on any atom is -0.301 e. The lowest BCUT2D eigenvalue weighted by Gasteiger charge is -2.15. The van der Waals surface area contributed by atoms with Crippen LogP contribution in [0.15, 0.2) is 72.1 Å². The van der Waals surface area contributed by atoms with Crippen molar-refractivity contribution in [1.29, 1.82) is 0 Å². The maximum atomic E-state index is 12.2. The van der Waals surface area contributed by atoms with Crippen molar-refractivity contribution in [3.63, 3.8) is 0 Å². The molecule has 1 atom stereocenters. The summed E-state index contributed by atoms with van der Waals surface area (Å²) in [7, 11) is 0. The van der Waals surface area contributed by atoms with Crippen LogP contribution in [0.25, 0.3) is 0 Å². The third-order valence-corrected chi connectivity index (χ3v) is 4.62. The Kier molecular flexibility index (Phi) is 4.88. The largest absolute Gasteiger partial charge is 0.301 e. The van der Waals surface area contributed by atoms with Crippen LogP contribution in [0.4, 0.5) is 0 Å². The van der Waals surface area contributed by atoms with E-state index < -0.39 is 0 Å². The molecule has 0 saturated heterocycles. The molecule has 2 aromatic carbocycles. The van der Waals surface area contributed by atoms with E-state index in [0.29, 0.717) is 5.75 Å². The Balaban J connectivity index is 1.71. The highest BCUT2D eigenvalue weighted by Gasteiger charge is 2.15. The molecule has 0 N–H and O–H groups in total. The van der Waals surface area contributed by atoms with Gasteiger partial charge in [0.2, 0.25) is 0 Å². The van der Waals surface area contributed by atoms with Gasteiger partial charge in [-0.3, -0.25) is 4.79 Å². The van der Waals surface area contributed by atoms with Gasteiger partial charge in [-0.25, -0.2) is 0 Å². The third kappa shape index (κ3) is 3.68. The number of hydrogen-bond donors (Lipinski definition) is 0. The number of thioether (sulfide) groups is 1. The van der Waals surface area contributed by atoms with Crippen LogP contribution >= 0.6 is 11.8 Å². The van der Waals surface area contributed by atoms with Gasteiger partial charge in [-0.1, -0.05) is 72.4 Å². The van der Waals surface area contributed by atoms with Crippen molar-refractivity contribution in [2.45, 2.75) is 18.1 Å². The zero-order chi connectivity index (χ0) is 16.1. The summed E-state index contributed by atoms with van der Waals surface area (Å²) < 4.78 is 2.00. The lowest BCUT2D eigenvalue weighted by atomic mass is 10.1. The van der Waals surface area contributed by atoms with E-state index in [1.54, 1.807) is 6.33 Å². The number of benzene rings is 2. The molecule has 0 amide bonds. The van der Waals surface area contributed by atoms with E-state index in [0.717, 1.165) is 10.7 Å². The van der Waals surface area contributed by atoms with Gasteiger partial charge in [0.1, 0.15) is 6.33 Å². The average Bonchev–Trinajstić information content (AvgIpc) is 3.09. The maximum absolute atomic E-state index is 12.2. The molecular formula is C18H17N3OS. The molecule has 1 unspecified atom stereocenters. The van der Waals surface area contributed by atoms with Crippen LogP contribution in [0.1, 0.15) is 28.9 Å². The predicted octanol–water partition coefficient (Wildman–Crippen LogP) is 3.86. The fourth-order valence-electron chi connectivity index (χ4n) is 2.33. The van der Waals surface area contributed by atoms with Gasteiger partial charge in [0.15, 0.2) is 10.9 Å². The highest BCUT2D eigenvalue weighted by Crippen LogP contribution is 2.24. The van der Waals surface area contributed by atoms with Crippen molar-refractivity contribution < 1.29 is 4.79 Å². The van der Waals surface area contributed by atoms with Crippen LogP contribution in [0.2, 0.25) is 0 Å². The monoisotopic (exact) mass is 323 g/mol. The number of Topliss-reactive ketones (excluding diaryl/α,β-unsaturated/α-hetero) is 1. The van der Waals surface area contributed by atoms with E-state index in [2.05, 4.69) is 29.3 Å². The van der Waals surface area contributed by atoms with E-state index in [1.165, 1.54) is 17.3 Å². The molecule has 0 radical (unpaired) electrons. The Morgan fingerprint density at radius 3 is 2.43 bits per heavy atom. The van der Waals surface area contributed by atoms with Crippen LogP contribution in [0.3, 0.4) is 0 Å². The lowest BCUT2D eigenvalue weighted by molar-refractivity contribution is 0.102. The van der Waals surface area contributed by atoms with Gasteiger partial charge < -0.3 is 4.57 Å². The number of carbonyl (C=O) groups excluding carboxylic acids is 1. The van der Waals surface area contributed by atoms with Crippen LogP contribution in [-0.2, 0) is 0 Å². The minimum atomic E-state index is 0.0949. The standard InChI is InChI=1S/C18H17N3OS/c1-14(15-8-4-2-5-9-15)21-13-19-20-18(21)23-12-17(22)16-10-6-3-7-11-16/h2-11,13-14H,12H2,1H3. The molecule has 0 spiro atoms. The van der Waals surface area contributed by atoms with Crippen molar-refractivity contribution >= 4 is 17.5 Å². The van der Waals surface area contributed by atoms with Gasteiger partial charge in [0, 0.05) is 5.56 Å². The fraction of sp³-hybridized carbons (Fsp3) is 0.167. The Bertz CT molecular complexity index is 771. The molecule has 0 aliphatic rings. The summed E-state index contributed by atoms with van der Waals surface area (Å²) in [5.41, 5.74) is 1.91. The minimum absolute atomic E-state index is 0.0949. The highest BCUT2D eigenvalue weighted by atomic mass is 32.2. The van der Waals surface area contributed by atoms with Crippen molar-refractivity contribution in [1.82, 2.24) is 14.8 Å². The topological polar surface area (TPSA) is 47.8 Å². The second kappa shape index (κ2) is 7.24. The molecule has 5 heteroatoms. The predicted molar refractivity (Wildman–Crippen MR) is 91.8 cm³/mol. The third-order valence-electron chi connectivity index (χ3n) is 3.67. The smallest absolute Gasteiger partial charge is 0.192 e. The summed E-state index contributed by atoms with van der Waals surface area (Å²) in [6.07, 6.45) is 1.72. The molecule has 1 aromatic heterocycles. The summed E-state index contributed by atoms with van der Waals surface area (Å²) >= 11 is 1.42. The Hall–Kier alpha value is -2.40. The van der Waals surface area contributed by atoms with Gasteiger partial charge in [-0.2, -0.15) is 0 Å². The van der Waals surface area contributed by atoms with Crippen molar-refractivity contribution in [3.8, 4) is 0 Å². The SMILES string of the molecule is CC(c1ccccc1)n1cnnc1SCC(=O)c1ccccc1. The summed E-state index contributed by atoms with van der Waals surface area (Å²) in [5.74, 6) is 0.446. The molecule has 0 saturated carbocycles. The molecule has 3 rings (SSSR count). The molecule has 0 aliphatic carbocycles. The summed E-state index contributed by atoms with van der Waals surface area (Å²) in [5, 5.41) is 8.91. The Labute approximate surface area is 139 Å². The molecule has 116 valence electrons. The van der Waals surface area contributed by atoms with E-state index >= 15 is 0 Å². The maximum Gasteiger partial charge on any atom is 0.192 e. The van der Waals surface area contributed by atoms with Gasteiger partial charge in [-0.05, 0) is 12.5 Å². The number of aromatic nitrogens is 3. The van der Waals surface area contributed by atoms with Gasteiger partial charge >= 0.3 is 0 Å². The zero-order valence-corrected chi connectivity index (χ0v) is 13.6. The number of nitrogens with zero attached hydrogens (tertiary/aromatic N) is 3. The number of rotatable bonds is 6. The molecule has 4 nitrogen and oxygen atoms in total.